The topological polar surface area (TPSA) is 91.7 Å². The van der Waals surface area contributed by atoms with Crippen molar-refractivity contribution in [2.24, 2.45) is 11.8 Å². The van der Waals surface area contributed by atoms with Crippen molar-refractivity contribution in [3.05, 3.63) is 0 Å². The van der Waals surface area contributed by atoms with E-state index in [2.05, 4.69) is 27.7 Å². The fourth-order valence-electron chi connectivity index (χ4n) is 2.01. The second-order valence-corrected chi connectivity index (χ2v) is 6.77. The summed E-state index contributed by atoms with van der Waals surface area (Å²) in [7, 11) is 0. The Balaban J connectivity index is -0.000000333. The first kappa shape index (κ1) is 28.4. The van der Waals surface area contributed by atoms with Crippen LogP contribution in [0.25, 0.3) is 0 Å². The number of carbonyl (C=O) groups is 2. The van der Waals surface area contributed by atoms with Gasteiger partial charge in [0.25, 0.3) is 0 Å². The molecule has 0 bridgehead atoms. The van der Waals surface area contributed by atoms with Crippen LogP contribution in [0, 0.1) is 11.8 Å². The Morgan fingerprint density at radius 1 is 0.667 bits per heavy atom. The number of aliphatic carboxylic acids is 2. The number of hydrogen-bond acceptors (Lipinski definition) is 3. The molecule has 0 aromatic rings. The molecule has 2 N–H and O–H groups in total. The van der Waals surface area contributed by atoms with E-state index in [4.69, 9.17) is 13.0 Å². The molecule has 0 heterocycles. The van der Waals surface area contributed by atoms with Gasteiger partial charge in [0.2, 0.25) is 0 Å². The fraction of sp³-hybridized carbons (Fsp3) is 0.889. The molecule has 6 heteroatoms. The van der Waals surface area contributed by atoms with Crippen molar-refractivity contribution in [3.63, 3.8) is 0 Å². The van der Waals surface area contributed by atoms with Crippen molar-refractivity contribution in [2.45, 2.75) is 91.9 Å². The minimum atomic E-state index is -0.672. The van der Waals surface area contributed by atoms with Crippen molar-refractivity contribution in [1.82, 2.24) is 0 Å². The van der Waals surface area contributed by atoms with E-state index in [1.807, 2.05) is 0 Å². The molecule has 142 valence electrons. The van der Waals surface area contributed by atoms with Crippen LogP contribution in [0.3, 0.4) is 0 Å². The van der Waals surface area contributed by atoms with Gasteiger partial charge in [-0.2, -0.15) is 0 Å². The standard InChI is InChI=1S/2C9H18O2.O.Zr/c2*1-8(2)6-4-3-5-7-9(10)11;;/h2*8H,3-7H2,1-2H3,(H,10,11);;. The van der Waals surface area contributed by atoms with Gasteiger partial charge in [0.1, 0.15) is 0 Å². The Hall–Kier alpha value is -0.377. The van der Waals surface area contributed by atoms with E-state index in [-0.39, 0.29) is 0 Å². The van der Waals surface area contributed by atoms with E-state index >= 15 is 0 Å². The van der Waals surface area contributed by atoms with E-state index < -0.39 is 11.9 Å². The van der Waals surface area contributed by atoms with Gasteiger partial charge in [-0.25, -0.2) is 0 Å². The molecule has 0 saturated heterocycles. The van der Waals surface area contributed by atoms with Crippen LogP contribution in [0.1, 0.15) is 91.9 Å². The average Bonchev–Trinajstić information content (AvgIpc) is 2.48. The fourth-order valence-corrected chi connectivity index (χ4v) is 2.01. The van der Waals surface area contributed by atoms with Crippen molar-refractivity contribution in [2.75, 3.05) is 0 Å². The molecular weight excluding hydrogens is 387 g/mol. The summed E-state index contributed by atoms with van der Waals surface area (Å²) in [4.78, 5) is 20.2. The van der Waals surface area contributed by atoms with Gasteiger partial charge >= 0.3 is 39.5 Å². The zero-order chi connectivity index (χ0) is 19.4. The number of carboxylic acids is 2. The summed E-state index contributed by atoms with van der Waals surface area (Å²) in [6.45, 7) is 8.77. The summed E-state index contributed by atoms with van der Waals surface area (Å²) in [5, 5.41) is 16.6. The summed E-state index contributed by atoms with van der Waals surface area (Å²) in [6, 6.07) is 0. The molecule has 0 fully saturated rings. The van der Waals surface area contributed by atoms with E-state index in [1.54, 1.807) is 0 Å². The third kappa shape index (κ3) is 37.7. The molecular formula is C18H36O5Zr. The second-order valence-electron chi connectivity index (χ2n) is 6.77. The Morgan fingerprint density at radius 3 is 1.17 bits per heavy atom. The molecule has 0 aromatic heterocycles. The summed E-state index contributed by atoms with van der Waals surface area (Å²) in [5.41, 5.74) is 0. The van der Waals surface area contributed by atoms with Gasteiger partial charge in [0, 0.05) is 12.8 Å². The van der Waals surface area contributed by atoms with E-state index in [0.29, 0.717) is 37.6 Å². The van der Waals surface area contributed by atoms with Gasteiger partial charge in [-0.3, -0.25) is 9.59 Å². The number of carboxylic acid groups (broad SMARTS) is 2. The number of hydrogen-bond donors (Lipinski definition) is 2. The van der Waals surface area contributed by atoms with Gasteiger partial charge in [0.05, 0.1) is 0 Å². The first-order valence-corrected chi connectivity index (χ1v) is 9.90. The summed E-state index contributed by atoms with van der Waals surface area (Å²) < 4.78 is 8.34. The molecule has 5 nitrogen and oxygen atoms in total. The van der Waals surface area contributed by atoms with Crippen LogP contribution in [0.15, 0.2) is 0 Å². The summed E-state index contributed by atoms with van der Waals surface area (Å²) in [5.74, 6) is 0.156. The number of rotatable bonds is 12. The quantitative estimate of drug-likeness (QED) is 0.419. The van der Waals surface area contributed by atoms with Crippen LogP contribution in [0.2, 0.25) is 0 Å². The molecule has 0 aliphatic carbocycles. The molecule has 0 radical (unpaired) electrons. The normalized spacial score (nSPS) is 9.71. The van der Waals surface area contributed by atoms with Crippen molar-refractivity contribution < 1.29 is 47.3 Å². The van der Waals surface area contributed by atoms with E-state index in [1.165, 1.54) is 25.7 Å². The predicted molar refractivity (Wildman–Crippen MR) is 91.8 cm³/mol. The SMILES string of the molecule is CC(C)CCCCCC(=O)O.CC(C)CCCCCC(=O)O.[O]=[Zr]. The second kappa shape index (κ2) is 22.6. The van der Waals surface area contributed by atoms with Gasteiger partial charge in [-0.15, -0.1) is 0 Å². The molecule has 0 saturated carbocycles. The average molecular weight is 424 g/mol. The third-order valence-electron chi connectivity index (χ3n) is 3.34. The Labute approximate surface area is 162 Å². The van der Waals surface area contributed by atoms with Gasteiger partial charge in [0.15, 0.2) is 0 Å². The van der Waals surface area contributed by atoms with Gasteiger partial charge in [-0.05, 0) is 24.7 Å². The maximum atomic E-state index is 10.1. The zero-order valence-corrected chi connectivity index (χ0v) is 18.3. The molecule has 0 amide bonds. The van der Waals surface area contributed by atoms with Crippen LogP contribution in [0.5, 0.6) is 0 Å². The molecule has 0 unspecified atom stereocenters. The zero-order valence-electron chi connectivity index (χ0n) is 15.8. The van der Waals surface area contributed by atoms with E-state index in [9.17, 15) is 9.59 Å². The molecule has 0 spiro atoms. The van der Waals surface area contributed by atoms with Crippen molar-refractivity contribution in [1.29, 1.82) is 0 Å². The molecule has 0 aromatic carbocycles. The van der Waals surface area contributed by atoms with Crippen molar-refractivity contribution in [3.8, 4) is 0 Å². The molecule has 0 atom stereocenters. The third-order valence-corrected chi connectivity index (χ3v) is 3.34. The first-order chi connectivity index (χ1) is 11.3. The summed E-state index contributed by atoms with van der Waals surface area (Å²) >= 11 is 0.300. The Kier molecular flexibility index (Phi) is 26.8. The molecule has 24 heavy (non-hydrogen) atoms. The van der Waals surface area contributed by atoms with Crippen LogP contribution in [0.4, 0.5) is 0 Å². The Bertz CT molecular complexity index is 265. The van der Waals surface area contributed by atoms with Crippen LogP contribution in [-0.4, -0.2) is 22.2 Å². The Morgan fingerprint density at radius 2 is 0.958 bits per heavy atom. The van der Waals surface area contributed by atoms with Gasteiger partial charge < -0.3 is 10.2 Å². The first-order valence-electron chi connectivity index (χ1n) is 8.89. The maximum absolute atomic E-state index is 10.1. The van der Waals surface area contributed by atoms with E-state index in [0.717, 1.165) is 37.5 Å². The monoisotopic (exact) mass is 422 g/mol. The minimum absolute atomic E-state index is 0.300. The molecule has 0 rings (SSSR count). The number of unbranched alkanes of at least 4 members (excludes halogenated alkanes) is 4. The van der Waals surface area contributed by atoms with Crippen LogP contribution >= 0.6 is 0 Å². The van der Waals surface area contributed by atoms with Crippen LogP contribution < -0.4 is 0 Å². The van der Waals surface area contributed by atoms with Crippen molar-refractivity contribution >= 4 is 11.9 Å². The predicted octanol–water partition coefficient (Wildman–Crippen LogP) is 5.23. The molecule has 0 aliphatic rings. The summed E-state index contributed by atoms with van der Waals surface area (Å²) in [6.07, 6.45) is 9.24. The van der Waals surface area contributed by atoms with Crippen LogP contribution in [-0.2, 0) is 37.1 Å². The molecule has 0 aliphatic heterocycles. The van der Waals surface area contributed by atoms with Gasteiger partial charge in [-0.1, -0.05) is 66.2 Å².